The number of carbonyl (C=O) groups excluding carboxylic acids is 1. The monoisotopic (exact) mass is 427 g/mol. The average molecular weight is 427 g/mol. The predicted molar refractivity (Wildman–Crippen MR) is 123 cm³/mol. The lowest BCUT2D eigenvalue weighted by atomic mass is 10.0. The van der Waals surface area contributed by atoms with Gasteiger partial charge in [-0.2, -0.15) is 0 Å². The quantitative estimate of drug-likeness (QED) is 0.401. The van der Waals surface area contributed by atoms with Crippen molar-refractivity contribution in [1.82, 2.24) is 9.88 Å². The van der Waals surface area contributed by atoms with Crippen LogP contribution in [-0.2, 0) is 4.79 Å². The van der Waals surface area contributed by atoms with E-state index < -0.39 is 5.97 Å². The van der Waals surface area contributed by atoms with Crippen molar-refractivity contribution in [2.45, 2.75) is 0 Å². The number of nitrogens with zero attached hydrogens (tertiary/aromatic N) is 2. The summed E-state index contributed by atoms with van der Waals surface area (Å²) in [4.78, 5) is 32.2. The zero-order chi connectivity index (χ0) is 22.7. The Morgan fingerprint density at radius 3 is 2.25 bits per heavy atom. The molecule has 0 aliphatic rings. The van der Waals surface area contributed by atoms with Crippen LogP contribution in [0.4, 0.5) is 5.69 Å². The highest BCUT2D eigenvalue weighted by Gasteiger charge is 2.19. The molecular weight excluding hydrogens is 406 g/mol. The van der Waals surface area contributed by atoms with Crippen LogP contribution < -0.4 is 0 Å². The van der Waals surface area contributed by atoms with Crippen molar-refractivity contribution >= 4 is 34.2 Å². The van der Waals surface area contributed by atoms with Crippen LogP contribution in [0.25, 0.3) is 10.9 Å². The predicted octanol–water partition coefficient (Wildman–Crippen LogP) is 4.20. The smallest absolute Gasteiger partial charge is 0.323 e. The molecular formula is C25H21N3O4. The Balaban J connectivity index is 1.76. The lowest BCUT2D eigenvalue weighted by molar-refractivity contribution is -0.137. The summed E-state index contributed by atoms with van der Waals surface area (Å²) in [5.41, 5.74) is 3.76. The second-order valence-corrected chi connectivity index (χ2v) is 7.32. The third-order valence-corrected chi connectivity index (χ3v) is 5.04. The molecule has 3 N–H and O–H groups in total. The number of carboxylic acid groups (broad SMARTS) is 1. The lowest BCUT2D eigenvalue weighted by Crippen LogP contribution is -2.31. The summed E-state index contributed by atoms with van der Waals surface area (Å²) in [6.45, 7) is -0.378. The van der Waals surface area contributed by atoms with Gasteiger partial charge in [0, 0.05) is 29.1 Å². The second kappa shape index (κ2) is 8.77. The summed E-state index contributed by atoms with van der Waals surface area (Å²) < 4.78 is 0. The first-order chi connectivity index (χ1) is 15.4. The number of likely N-dealkylation sites (N-methyl/N-ethyl adjacent to an activating group) is 1. The van der Waals surface area contributed by atoms with E-state index >= 15 is 0 Å². The van der Waals surface area contributed by atoms with Gasteiger partial charge in [-0.25, -0.2) is 4.99 Å². The minimum Gasteiger partial charge on any atom is -0.494 e. The van der Waals surface area contributed by atoms with Crippen LogP contribution in [0.3, 0.4) is 0 Å². The van der Waals surface area contributed by atoms with Crippen molar-refractivity contribution in [3.63, 3.8) is 0 Å². The Labute approximate surface area is 184 Å². The van der Waals surface area contributed by atoms with Crippen LogP contribution >= 0.6 is 0 Å². The van der Waals surface area contributed by atoms with Crippen LogP contribution in [-0.4, -0.2) is 51.3 Å². The maximum absolute atomic E-state index is 12.4. The van der Waals surface area contributed by atoms with E-state index in [0.717, 1.165) is 21.4 Å². The second-order valence-electron chi connectivity index (χ2n) is 7.32. The molecule has 1 aromatic heterocycles. The molecule has 0 radical (unpaired) electrons. The fourth-order valence-electron chi connectivity index (χ4n) is 3.53. The van der Waals surface area contributed by atoms with Gasteiger partial charge in [0.2, 0.25) is 0 Å². The minimum atomic E-state index is -1.08. The molecule has 1 heterocycles. The van der Waals surface area contributed by atoms with Gasteiger partial charge in [-0.3, -0.25) is 9.59 Å². The van der Waals surface area contributed by atoms with Gasteiger partial charge in [-0.15, -0.1) is 0 Å². The molecule has 7 heteroatoms. The lowest BCUT2D eigenvalue weighted by Gasteiger charge is -2.14. The number of carboxylic acids is 1. The number of carbonyl (C=O) groups is 2. The number of aliphatic carboxylic acids is 1. The van der Waals surface area contributed by atoms with Crippen LogP contribution in [0.1, 0.15) is 21.5 Å². The number of benzene rings is 3. The van der Waals surface area contributed by atoms with Gasteiger partial charge >= 0.3 is 5.97 Å². The van der Waals surface area contributed by atoms with Gasteiger partial charge in [0.05, 0.1) is 17.0 Å². The molecule has 160 valence electrons. The number of hydrogen-bond donors (Lipinski definition) is 3. The number of aromatic nitrogens is 1. The molecule has 0 saturated carbocycles. The van der Waals surface area contributed by atoms with Crippen molar-refractivity contribution in [1.29, 1.82) is 0 Å². The summed E-state index contributed by atoms with van der Waals surface area (Å²) >= 11 is 0. The van der Waals surface area contributed by atoms with Crippen molar-refractivity contribution in [2.24, 2.45) is 4.99 Å². The van der Waals surface area contributed by atoms with Gasteiger partial charge in [0.15, 0.2) is 5.88 Å². The number of hydrogen-bond acceptors (Lipinski definition) is 4. The Hall–Kier alpha value is -4.39. The number of aromatic amines is 1. The molecule has 0 fully saturated rings. The number of rotatable bonds is 6. The summed E-state index contributed by atoms with van der Waals surface area (Å²) in [6.07, 6.45) is 0. The third kappa shape index (κ3) is 4.22. The van der Waals surface area contributed by atoms with Crippen molar-refractivity contribution in [3.05, 3.63) is 95.6 Å². The normalized spacial score (nSPS) is 11.5. The zero-order valence-corrected chi connectivity index (χ0v) is 17.3. The van der Waals surface area contributed by atoms with Gasteiger partial charge in [-0.05, 0) is 30.3 Å². The highest BCUT2D eigenvalue weighted by molar-refractivity contribution is 6.21. The number of H-pyrrole nitrogens is 1. The summed E-state index contributed by atoms with van der Waals surface area (Å²) in [7, 11) is 1.44. The van der Waals surface area contributed by atoms with Crippen LogP contribution in [0.2, 0.25) is 0 Å². The molecule has 0 atom stereocenters. The minimum absolute atomic E-state index is 0.0240. The zero-order valence-electron chi connectivity index (χ0n) is 17.3. The van der Waals surface area contributed by atoms with Gasteiger partial charge in [0.1, 0.15) is 6.54 Å². The fraction of sp³-hybridized carbons (Fsp3) is 0.0800. The maximum atomic E-state index is 12.4. The first-order valence-electron chi connectivity index (χ1n) is 9.95. The molecule has 0 bridgehead atoms. The van der Waals surface area contributed by atoms with Crippen LogP contribution in [0.5, 0.6) is 5.88 Å². The number of nitrogens with one attached hydrogen (secondary N) is 1. The first-order valence-corrected chi connectivity index (χ1v) is 9.95. The van der Waals surface area contributed by atoms with E-state index in [1.165, 1.54) is 7.05 Å². The van der Waals surface area contributed by atoms with Gasteiger partial charge < -0.3 is 20.1 Å². The number of fused-ring (bicyclic) bond motifs is 1. The molecule has 0 aliphatic heterocycles. The first kappa shape index (κ1) is 20.9. The highest BCUT2D eigenvalue weighted by atomic mass is 16.4. The van der Waals surface area contributed by atoms with E-state index in [4.69, 9.17) is 10.1 Å². The Morgan fingerprint density at radius 2 is 1.56 bits per heavy atom. The van der Waals surface area contributed by atoms with E-state index in [-0.39, 0.29) is 18.3 Å². The fourth-order valence-corrected chi connectivity index (χ4v) is 3.53. The van der Waals surface area contributed by atoms with E-state index in [1.54, 1.807) is 24.3 Å². The van der Waals surface area contributed by atoms with Crippen molar-refractivity contribution in [3.8, 4) is 5.88 Å². The molecule has 4 aromatic rings. The Morgan fingerprint density at radius 1 is 0.906 bits per heavy atom. The van der Waals surface area contributed by atoms with E-state index in [1.807, 2.05) is 54.6 Å². The summed E-state index contributed by atoms with van der Waals surface area (Å²) in [5.74, 6) is -1.44. The average Bonchev–Trinajstić information content (AvgIpc) is 3.13. The number of aliphatic imine (C=N–C) groups is 1. The highest BCUT2D eigenvalue weighted by Crippen LogP contribution is 2.31. The van der Waals surface area contributed by atoms with E-state index in [0.29, 0.717) is 22.5 Å². The maximum Gasteiger partial charge on any atom is 0.323 e. The molecule has 32 heavy (non-hydrogen) atoms. The summed E-state index contributed by atoms with van der Waals surface area (Å²) in [5, 5.41) is 20.4. The standard InChI is InChI=1S/C25H21N3O4/c1-28(15-21(29)30)25(32)17-11-13-18(14-12-17)26-23(16-7-3-2-4-8-16)22-19-9-5-6-10-20(19)27-24(22)31/h2-14,27,31H,15H2,1H3,(H,29,30). The molecule has 1 amide bonds. The van der Waals surface area contributed by atoms with E-state index in [9.17, 15) is 14.7 Å². The van der Waals surface area contributed by atoms with E-state index in [2.05, 4.69) is 4.98 Å². The van der Waals surface area contributed by atoms with Crippen LogP contribution in [0, 0.1) is 0 Å². The molecule has 0 saturated heterocycles. The van der Waals surface area contributed by atoms with Gasteiger partial charge in [-0.1, -0.05) is 48.5 Å². The number of aromatic hydroxyl groups is 1. The Kier molecular flexibility index (Phi) is 5.72. The molecule has 0 aliphatic carbocycles. The molecule has 0 spiro atoms. The topological polar surface area (TPSA) is 106 Å². The van der Waals surface area contributed by atoms with Crippen LogP contribution in [0.15, 0.2) is 83.9 Å². The number of amides is 1. The molecule has 3 aromatic carbocycles. The third-order valence-electron chi connectivity index (χ3n) is 5.04. The van der Waals surface area contributed by atoms with Gasteiger partial charge in [0.25, 0.3) is 5.91 Å². The largest absolute Gasteiger partial charge is 0.494 e. The summed E-state index contributed by atoms with van der Waals surface area (Å²) in [6, 6.07) is 23.7. The molecule has 0 unspecified atom stereocenters. The Bertz CT molecular complexity index is 1310. The van der Waals surface area contributed by atoms with Crippen molar-refractivity contribution in [2.75, 3.05) is 13.6 Å². The molecule has 4 rings (SSSR count). The molecule has 7 nitrogen and oxygen atoms in total. The number of para-hydroxylation sites is 1. The van der Waals surface area contributed by atoms with Crippen molar-refractivity contribution < 1.29 is 19.8 Å². The SMILES string of the molecule is CN(CC(=O)O)C(=O)c1ccc(N=C(c2ccccc2)c2c(O)[nH]c3ccccc23)cc1.